The summed E-state index contributed by atoms with van der Waals surface area (Å²) in [6.45, 7) is 3.51. The van der Waals surface area contributed by atoms with Gasteiger partial charge in [-0.05, 0) is 19.9 Å². The number of furan rings is 1. The van der Waals surface area contributed by atoms with Crippen LogP contribution in [0.2, 0.25) is 0 Å². The number of allylic oxidation sites excluding steroid dienone is 1. The summed E-state index contributed by atoms with van der Waals surface area (Å²) in [6, 6.07) is 1.71. The number of ether oxygens (including phenoxy) is 1. The molecule has 0 aromatic carbocycles. The van der Waals surface area contributed by atoms with Gasteiger partial charge < -0.3 is 20.2 Å². The highest BCUT2D eigenvalue weighted by Gasteiger charge is 2.32. The third-order valence-corrected chi connectivity index (χ3v) is 2.82. The van der Waals surface area contributed by atoms with Gasteiger partial charge in [0.1, 0.15) is 16.7 Å². The number of carbonyl (C=O) groups excluding carboxylic acids is 1. The van der Waals surface area contributed by atoms with Crippen LogP contribution in [0.4, 0.5) is 5.88 Å². The Bertz CT molecular complexity index is 646. The highest BCUT2D eigenvalue weighted by Crippen LogP contribution is 2.33. The van der Waals surface area contributed by atoms with Crippen LogP contribution in [0.1, 0.15) is 25.6 Å². The molecule has 3 N–H and O–H groups in total. The van der Waals surface area contributed by atoms with Gasteiger partial charge >= 0.3 is 11.9 Å². The lowest BCUT2D eigenvalue weighted by molar-refractivity contribution is -0.402. The van der Waals surface area contributed by atoms with E-state index in [1.54, 1.807) is 13.8 Å². The normalized spacial score (nSPS) is 18.0. The largest absolute Gasteiger partial charge is 0.463 e. The predicted molar refractivity (Wildman–Crippen MR) is 72.2 cm³/mol. The van der Waals surface area contributed by atoms with Crippen LogP contribution >= 0.6 is 0 Å². The zero-order valence-corrected chi connectivity index (χ0v) is 11.5. The number of guanidine groups is 1. The molecule has 1 aromatic rings. The van der Waals surface area contributed by atoms with Gasteiger partial charge in [0.2, 0.25) is 0 Å². The highest BCUT2D eigenvalue weighted by atomic mass is 16.6. The number of hydrogen-bond acceptors (Lipinski definition) is 8. The lowest BCUT2D eigenvalue weighted by atomic mass is 10.0. The Kier molecular flexibility index (Phi) is 3.92. The Morgan fingerprint density at radius 1 is 1.62 bits per heavy atom. The molecule has 2 rings (SSSR count). The third-order valence-electron chi connectivity index (χ3n) is 2.82. The summed E-state index contributed by atoms with van der Waals surface area (Å²) in [5.41, 5.74) is 6.30. The number of rotatable bonds is 4. The molecule has 1 aliphatic heterocycles. The molecule has 0 radical (unpaired) electrons. The van der Waals surface area contributed by atoms with E-state index in [9.17, 15) is 14.9 Å². The van der Waals surface area contributed by atoms with Crippen LogP contribution in [0, 0.1) is 10.1 Å². The number of hydrogen-bond donors (Lipinski definition) is 2. The number of aliphatic imine (C=N–C) groups is 1. The molecule has 0 saturated carbocycles. The van der Waals surface area contributed by atoms with Gasteiger partial charge in [-0.1, -0.05) is 0 Å². The van der Waals surface area contributed by atoms with Crippen LogP contribution in [0.15, 0.2) is 32.8 Å². The van der Waals surface area contributed by atoms with Gasteiger partial charge in [-0.3, -0.25) is 10.1 Å². The molecule has 2 heterocycles. The van der Waals surface area contributed by atoms with Crippen LogP contribution in [-0.4, -0.2) is 23.5 Å². The molecular formula is C12H14N4O5. The molecule has 0 amide bonds. The molecular weight excluding hydrogens is 280 g/mol. The molecule has 9 nitrogen and oxygen atoms in total. The monoisotopic (exact) mass is 294 g/mol. The first-order chi connectivity index (χ1) is 9.93. The highest BCUT2D eigenvalue weighted by molar-refractivity contribution is 5.94. The Morgan fingerprint density at radius 2 is 2.33 bits per heavy atom. The smallest absolute Gasteiger partial charge is 0.433 e. The average Bonchev–Trinajstić information content (AvgIpc) is 2.87. The molecule has 0 spiro atoms. The summed E-state index contributed by atoms with van der Waals surface area (Å²) in [5, 5.41) is 13.4. The van der Waals surface area contributed by atoms with Crippen molar-refractivity contribution in [2.45, 2.75) is 19.9 Å². The molecule has 0 saturated heterocycles. The van der Waals surface area contributed by atoms with Crippen molar-refractivity contribution < 1.29 is 18.9 Å². The van der Waals surface area contributed by atoms with Crippen molar-refractivity contribution in [2.75, 3.05) is 6.61 Å². The second-order valence-corrected chi connectivity index (χ2v) is 4.23. The standard InChI is InChI=1S/C12H14N4O5/c1-3-20-11(17)9-6(2)14-12(13)15-10(9)7-4-5-8(21-7)16(18)19/h4-5,10H,3H2,1-2H3,(H3,13,14,15). The molecule has 0 fully saturated rings. The SMILES string of the molecule is CCOC(=O)C1=C(C)NC(N)=NC1c1ccc([N+](=O)[O-])o1. The van der Waals surface area contributed by atoms with Crippen molar-refractivity contribution in [3.05, 3.63) is 39.3 Å². The Labute approximate surface area is 119 Å². The molecule has 21 heavy (non-hydrogen) atoms. The molecule has 1 aliphatic rings. The van der Waals surface area contributed by atoms with Crippen LogP contribution < -0.4 is 11.1 Å². The second-order valence-electron chi connectivity index (χ2n) is 4.23. The summed E-state index contributed by atoms with van der Waals surface area (Å²) in [7, 11) is 0. The first-order valence-corrected chi connectivity index (χ1v) is 6.16. The quantitative estimate of drug-likeness (QED) is 0.480. The summed E-state index contributed by atoms with van der Waals surface area (Å²) < 4.78 is 10.1. The van der Waals surface area contributed by atoms with Crippen molar-refractivity contribution in [1.82, 2.24) is 5.32 Å². The number of nitro groups is 1. The van der Waals surface area contributed by atoms with Crippen molar-refractivity contribution in [3.63, 3.8) is 0 Å². The van der Waals surface area contributed by atoms with Gasteiger partial charge in [-0.15, -0.1) is 0 Å². The van der Waals surface area contributed by atoms with Crippen molar-refractivity contribution in [2.24, 2.45) is 10.7 Å². The maximum atomic E-state index is 12.0. The summed E-state index contributed by atoms with van der Waals surface area (Å²) in [6.07, 6.45) is 0. The first-order valence-electron chi connectivity index (χ1n) is 6.16. The average molecular weight is 294 g/mol. The predicted octanol–water partition coefficient (Wildman–Crippen LogP) is 0.984. The molecule has 1 atom stereocenters. The number of nitrogens with one attached hydrogen (secondary N) is 1. The van der Waals surface area contributed by atoms with E-state index in [1.165, 1.54) is 12.1 Å². The summed E-state index contributed by atoms with van der Waals surface area (Å²) >= 11 is 0. The van der Waals surface area contributed by atoms with Gasteiger partial charge in [0.15, 0.2) is 5.96 Å². The molecule has 9 heteroatoms. The lowest BCUT2D eigenvalue weighted by Gasteiger charge is -2.22. The van der Waals surface area contributed by atoms with E-state index in [2.05, 4.69) is 10.3 Å². The zero-order chi connectivity index (χ0) is 15.6. The molecule has 1 aromatic heterocycles. The van der Waals surface area contributed by atoms with Crippen molar-refractivity contribution in [3.8, 4) is 0 Å². The van der Waals surface area contributed by atoms with Gasteiger partial charge in [0, 0.05) is 5.70 Å². The van der Waals surface area contributed by atoms with E-state index in [0.717, 1.165) is 0 Å². The fourth-order valence-electron chi connectivity index (χ4n) is 1.97. The van der Waals surface area contributed by atoms with E-state index < -0.39 is 22.8 Å². The number of nitrogens with two attached hydrogens (primary N) is 1. The van der Waals surface area contributed by atoms with E-state index >= 15 is 0 Å². The van der Waals surface area contributed by atoms with Crippen LogP contribution in [-0.2, 0) is 9.53 Å². The molecule has 112 valence electrons. The second kappa shape index (κ2) is 5.65. The van der Waals surface area contributed by atoms with Gasteiger partial charge in [-0.25, -0.2) is 9.79 Å². The van der Waals surface area contributed by atoms with E-state index in [0.29, 0.717) is 5.70 Å². The van der Waals surface area contributed by atoms with Crippen LogP contribution in [0.25, 0.3) is 0 Å². The Morgan fingerprint density at radius 3 is 2.90 bits per heavy atom. The van der Waals surface area contributed by atoms with Gasteiger partial charge in [0.05, 0.1) is 18.2 Å². The number of esters is 1. The Hall–Kier alpha value is -2.84. The van der Waals surface area contributed by atoms with Crippen LogP contribution in [0.5, 0.6) is 0 Å². The third kappa shape index (κ3) is 2.86. The first kappa shape index (κ1) is 14.6. The van der Waals surface area contributed by atoms with E-state index in [-0.39, 0.29) is 23.9 Å². The summed E-state index contributed by atoms with van der Waals surface area (Å²) in [4.78, 5) is 26.1. The minimum Gasteiger partial charge on any atom is -0.463 e. The maximum Gasteiger partial charge on any atom is 0.433 e. The molecule has 0 bridgehead atoms. The van der Waals surface area contributed by atoms with E-state index in [4.69, 9.17) is 14.9 Å². The fourth-order valence-corrected chi connectivity index (χ4v) is 1.97. The van der Waals surface area contributed by atoms with Crippen molar-refractivity contribution in [1.29, 1.82) is 0 Å². The Balaban J connectivity index is 2.42. The maximum absolute atomic E-state index is 12.0. The minimum atomic E-state index is -0.876. The lowest BCUT2D eigenvalue weighted by Crippen LogP contribution is -2.37. The summed E-state index contributed by atoms with van der Waals surface area (Å²) in [5.74, 6) is -0.779. The zero-order valence-electron chi connectivity index (χ0n) is 11.5. The fraction of sp³-hybridized carbons (Fsp3) is 0.333. The number of nitrogens with zero attached hydrogens (tertiary/aromatic N) is 2. The molecule has 1 unspecified atom stereocenters. The van der Waals surface area contributed by atoms with E-state index in [1.807, 2.05) is 0 Å². The van der Waals surface area contributed by atoms with Crippen molar-refractivity contribution >= 4 is 17.8 Å². The van der Waals surface area contributed by atoms with Crippen LogP contribution in [0.3, 0.4) is 0 Å². The van der Waals surface area contributed by atoms with Gasteiger partial charge in [0.25, 0.3) is 0 Å². The van der Waals surface area contributed by atoms with Gasteiger partial charge in [-0.2, -0.15) is 0 Å². The minimum absolute atomic E-state index is 0.0876. The topological polar surface area (TPSA) is 133 Å². The number of carbonyl (C=O) groups is 1. The molecule has 0 aliphatic carbocycles.